The van der Waals surface area contributed by atoms with Crippen molar-refractivity contribution in [2.24, 2.45) is 0 Å². The number of amides is 3. The number of benzene rings is 2. The second-order valence-electron chi connectivity index (χ2n) is 13.7. The summed E-state index contributed by atoms with van der Waals surface area (Å²) in [6.45, 7) is 6.41. The van der Waals surface area contributed by atoms with Gasteiger partial charge in [0, 0.05) is 51.9 Å². The Hall–Kier alpha value is -4.76. The maximum absolute atomic E-state index is 13.4. The number of hydrogen-bond acceptors (Lipinski definition) is 7. The van der Waals surface area contributed by atoms with E-state index in [0.717, 1.165) is 28.7 Å². The monoisotopic (exact) mass is 654 g/mol. The molecule has 0 saturated carbocycles. The zero-order valence-electron chi connectivity index (χ0n) is 29.0. The largest absolute Gasteiger partial charge is 0.345 e. The zero-order chi connectivity index (χ0) is 34.9. The number of nitrogens with zero attached hydrogens (tertiary/aromatic N) is 6. The molecule has 1 saturated heterocycles. The summed E-state index contributed by atoms with van der Waals surface area (Å²) in [4.78, 5) is 60.6. The minimum Gasteiger partial charge on any atom is -0.345 e. The van der Waals surface area contributed by atoms with Gasteiger partial charge in [-0.15, -0.1) is 0 Å². The molecule has 5 rings (SSSR count). The lowest BCUT2D eigenvalue weighted by Gasteiger charge is -2.37. The molecule has 3 aromatic rings. The van der Waals surface area contributed by atoms with E-state index in [1.54, 1.807) is 42.9 Å². The van der Waals surface area contributed by atoms with Crippen molar-refractivity contribution in [1.29, 1.82) is 5.26 Å². The number of fused-ring (bicyclic) bond motifs is 2. The lowest BCUT2D eigenvalue weighted by molar-refractivity contribution is -0.130. The van der Waals surface area contributed by atoms with Crippen LogP contribution in [0.25, 0.3) is 0 Å². The SMILES string of the molecule is CC(C)n1nc(C2(C[C@H](C)NCC(=O)N3CCC[C@H]3C#N)c3ccc(C(=O)N(C)C)cc3CCc3cc(C(=O)N(C)C)ccc32)[nH]c1=O. The normalized spacial score (nSPS) is 17.2. The number of nitriles is 1. The molecule has 1 aromatic heterocycles. The van der Waals surface area contributed by atoms with Crippen LogP contribution < -0.4 is 11.0 Å². The van der Waals surface area contributed by atoms with Crippen molar-refractivity contribution < 1.29 is 14.4 Å². The first-order chi connectivity index (χ1) is 22.8. The first kappa shape index (κ1) is 34.6. The fourth-order valence-corrected chi connectivity index (χ4v) is 7.18. The minimum absolute atomic E-state index is 0.0542. The van der Waals surface area contributed by atoms with Crippen molar-refractivity contribution in [3.8, 4) is 6.07 Å². The number of aromatic nitrogens is 3. The average Bonchev–Trinajstić information content (AvgIpc) is 3.68. The van der Waals surface area contributed by atoms with Gasteiger partial charge in [-0.05, 0) is 99.4 Å². The van der Waals surface area contributed by atoms with E-state index in [1.165, 1.54) is 4.68 Å². The maximum atomic E-state index is 13.4. The van der Waals surface area contributed by atoms with Crippen molar-refractivity contribution in [2.75, 3.05) is 41.3 Å². The summed E-state index contributed by atoms with van der Waals surface area (Å²) in [6.07, 6.45) is 3.07. The number of aromatic amines is 1. The van der Waals surface area contributed by atoms with Gasteiger partial charge in [0.15, 0.2) is 0 Å². The van der Waals surface area contributed by atoms with Crippen LogP contribution in [-0.2, 0) is 23.1 Å². The summed E-state index contributed by atoms with van der Waals surface area (Å²) in [6, 6.07) is 12.8. The number of carbonyl (C=O) groups is 3. The highest BCUT2D eigenvalue weighted by Crippen LogP contribution is 2.47. The Morgan fingerprint density at radius 1 is 1.00 bits per heavy atom. The molecule has 1 aliphatic heterocycles. The lowest BCUT2D eigenvalue weighted by atomic mass is 9.67. The predicted octanol–water partition coefficient (Wildman–Crippen LogP) is 2.87. The van der Waals surface area contributed by atoms with Crippen LogP contribution in [0.5, 0.6) is 0 Å². The van der Waals surface area contributed by atoms with Crippen molar-refractivity contribution in [3.05, 3.63) is 86.1 Å². The molecule has 0 bridgehead atoms. The molecule has 12 heteroatoms. The quantitative estimate of drug-likeness (QED) is 0.361. The minimum atomic E-state index is -1.02. The Kier molecular flexibility index (Phi) is 9.91. The molecule has 12 nitrogen and oxygen atoms in total. The van der Waals surface area contributed by atoms with Gasteiger partial charge in [-0.25, -0.2) is 9.48 Å². The number of H-pyrrole nitrogens is 1. The van der Waals surface area contributed by atoms with E-state index in [0.29, 0.717) is 49.2 Å². The fourth-order valence-electron chi connectivity index (χ4n) is 7.18. The molecule has 1 fully saturated rings. The van der Waals surface area contributed by atoms with Crippen LogP contribution in [-0.4, -0.2) is 101 Å². The molecule has 2 heterocycles. The summed E-state index contributed by atoms with van der Waals surface area (Å²) in [5, 5.41) is 17.9. The van der Waals surface area contributed by atoms with Gasteiger partial charge >= 0.3 is 5.69 Å². The maximum Gasteiger partial charge on any atom is 0.343 e. The molecule has 0 spiro atoms. The van der Waals surface area contributed by atoms with Gasteiger partial charge < -0.3 is 20.0 Å². The van der Waals surface area contributed by atoms with Gasteiger partial charge in [-0.2, -0.15) is 10.4 Å². The molecule has 2 N–H and O–H groups in total. The van der Waals surface area contributed by atoms with E-state index >= 15 is 0 Å². The molecule has 48 heavy (non-hydrogen) atoms. The number of rotatable bonds is 9. The number of carbonyl (C=O) groups excluding carboxylic acids is 3. The number of hydrogen-bond donors (Lipinski definition) is 2. The smallest absolute Gasteiger partial charge is 0.343 e. The molecule has 2 atom stereocenters. The number of aryl methyl sites for hydroxylation is 2. The van der Waals surface area contributed by atoms with Gasteiger partial charge in [-0.1, -0.05) is 12.1 Å². The van der Waals surface area contributed by atoms with E-state index in [2.05, 4.69) is 16.4 Å². The third-order valence-corrected chi connectivity index (χ3v) is 9.57. The Morgan fingerprint density at radius 2 is 1.56 bits per heavy atom. The molecule has 0 radical (unpaired) electrons. The standard InChI is InChI=1S/C36H46N8O4/c1-22(2)44-35(48)39-34(40-44)36(19-23(3)38-21-31(45)43-16-8-9-28(43)20-37)29-14-12-26(32(46)41(4)5)17-24(29)10-11-25-18-27(13-15-30(25)36)33(47)42(6)7/h12-15,17-18,22-23,28,38H,8-11,16,19,21H2,1-7H3,(H,39,40,48)/t23-,28-/m0/s1. The highest BCUT2D eigenvalue weighted by Gasteiger charge is 2.46. The van der Waals surface area contributed by atoms with E-state index in [-0.39, 0.29) is 42.0 Å². The summed E-state index contributed by atoms with van der Waals surface area (Å²) < 4.78 is 1.44. The number of likely N-dealkylation sites (tertiary alicyclic amines) is 1. The van der Waals surface area contributed by atoms with Crippen LogP contribution in [0.15, 0.2) is 41.2 Å². The first-order valence-corrected chi connectivity index (χ1v) is 16.6. The summed E-state index contributed by atoms with van der Waals surface area (Å²) in [7, 11) is 6.87. The van der Waals surface area contributed by atoms with Gasteiger partial charge in [-0.3, -0.25) is 19.4 Å². The summed E-state index contributed by atoms with van der Waals surface area (Å²) >= 11 is 0. The van der Waals surface area contributed by atoms with Crippen LogP contribution in [0.2, 0.25) is 0 Å². The molecule has 1 aliphatic carbocycles. The highest BCUT2D eigenvalue weighted by atomic mass is 16.2. The van der Waals surface area contributed by atoms with Crippen LogP contribution in [0.4, 0.5) is 0 Å². The third kappa shape index (κ3) is 6.39. The molecule has 254 valence electrons. The predicted molar refractivity (Wildman–Crippen MR) is 182 cm³/mol. The van der Waals surface area contributed by atoms with Crippen molar-refractivity contribution in [3.63, 3.8) is 0 Å². The van der Waals surface area contributed by atoms with E-state index in [1.807, 2.05) is 57.2 Å². The summed E-state index contributed by atoms with van der Waals surface area (Å²) in [5.74, 6) is 0.0890. The summed E-state index contributed by atoms with van der Waals surface area (Å²) in [5.41, 5.74) is 3.44. The molecule has 3 amide bonds. The fraction of sp³-hybridized carbons (Fsp3) is 0.500. The van der Waals surface area contributed by atoms with Crippen LogP contribution in [0.3, 0.4) is 0 Å². The molecular formula is C36H46N8O4. The second kappa shape index (κ2) is 13.8. The lowest BCUT2D eigenvalue weighted by Crippen LogP contribution is -2.45. The Morgan fingerprint density at radius 3 is 2.04 bits per heavy atom. The van der Waals surface area contributed by atoms with E-state index in [9.17, 15) is 24.4 Å². The zero-order valence-corrected chi connectivity index (χ0v) is 29.0. The third-order valence-electron chi connectivity index (χ3n) is 9.57. The molecule has 0 unspecified atom stereocenters. The van der Waals surface area contributed by atoms with Crippen molar-refractivity contribution >= 4 is 17.7 Å². The van der Waals surface area contributed by atoms with Crippen molar-refractivity contribution in [2.45, 2.75) is 76.4 Å². The van der Waals surface area contributed by atoms with E-state index in [4.69, 9.17) is 5.10 Å². The Bertz CT molecular complexity index is 1740. The second-order valence-corrected chi connectivity index (χ2v) is 13.7. The Labute approximate surface area is 281 Å². The van der Waals surface area contributed by atoms with Gasteiger partial charge in [0.05, 0.1) is 24.1 Å². The molecular weight excluding hydrogens is 608 g/mol. The molecule has 2 aliphatic rings. The van der Waals surface area contributed by atoms with Crippen LogP contribution in [0.1, 0.15) is 94.9 Å². The Balaban J connectivity index is 1.69. The van der Waals surface area contributed by atoms with Crippen LogP contribution >= 0.6 is 0 Å². The first-order valence-electron chi connectivity index (χ1n) is 16.6. The van der Waals surface area contributed by atoms with E-state index < -0.39 is 11.5 Å². The average molecular weight is 655 g/mol. The van der Waals surface area contributed by atoms with Crippen molar-refractivity contribution in [1.82, 2.24) is 34.8 Å². The highest BCUT2D eigenvalue weighted by molar-refractivity contribution is 5.95. The van der Waals surface area contributed by atoms with Gasteiger partial charge in [0.1, 0.15) is 11.9 Å². The topological polar surface area (TPSA) is 147 Å². The molecule has 2 aromatic carbocycles. The van der Waals surface area contributed by atoms with Crippen LogP contribution in [0, 0.1) is 11.3 Å². The number of nitrogens with one attached hydrogen (secondary N) is 2. The van der Waals surface area contributed by atoms with Gasteiger partial charge in [0.2, 0.25) is 5.91 Å². The van der Waals surface area contributed by atoms with Gasteiger partial charge in [0.25, 0.3) is 11.8 Å².